The summed E-state index contributed by atoms with van der Waals surface area (Å²) >= 11 is 6.04. The number of benzene rings is 3. The van der Waals surface area contributed by atoms with Crippen LogP contribution >= 0.6 is 11.6 Å². The Morgan fingerprint density at radius 3 is 2.42 bits per heavy atom. The molecule has 0 radical (unpaired) electrons. The number of carbonyl (C=O) groups excluding carboxylic acids is 1. The first kappa shape index (κ1) is 28.4. The molecule has 1 saturated heterocycles. The fourth-order valence-electron chi connectivity index (χ4n) is 5.91. The first-order valence-corrected chi connectivity index (χ1v) is 14.9. The molecule has 40 heavy (non-hydrogen) atoms. The van der Waals surface area contributed by atoms with Crippen LogP contribution in [0, 0.1) is 6.92 Å². The number of fused-ring (bicyclic) bond motifs is 1. The van der Waals surface area contributed by atoms with Crippen LogP contribution in [-0.4, -0.2) is 46.3 Å². The highest BCUT2D eigenvalue weighted by Crippen LogP contribution is 2.35. The summed E-state index contributed by atoms with van der Waals surface area (Å²) in [5.41, 5.74) is 8.16. The van der Waals surface area contributed by atoms with Crippen LogP contribution < -0.4 is 0 Å². The van der Waals surface area contributed by atoms with Gasteiger partial charge in [0.2, 0.25) is 0 Å². The molecule has 210 valence electrons. The molecule has 0 unspecified atom stereocenters. The Labute approximate surface area is 243 Å². The van der Waals surface area contributed by atoms with Crippen molar-refractivity contribution in [1.82, 2.24) is 9.80 Å². The Morgan fingerprint density at radius 1 is 1.00 bits per heavy atom. The molecule has 2 heterocycles. The topological polar surface area (TPSA) is 56.1 Å². The molecule has 0 saturated carbocycles. The van der Waals surface area contributed by atoms with E-state index in [0.717, 1.165) is 53.6 Å². The maximum Gasteiger partial charge on any atom is 0.320 e. The summed E-state index contributed by atoms with van der Waals surface area (Å²) in [6, 6.07) is 20.6. The molecule has 0 spiro atoms. The van der Waals surface area contributed by atoms with Crippen molar-refractivity contribution in [1.29, 1.82) is 0 Å². The van der Waals surface area contributed by atoms with Crippen molar-refractivity contribution in [3.05, 3.63) is 87.9 Å². The lowest BCUT2D eigenvalue weighted by atomic mass is 9.84. The van der Waals surface area contributed by atoms with Gasteiger partial charge in [-0.25, -0.2) is 4.79 Å². The molecule has 1 N–H and O–H groups in total. The highest BCUT2D eigenvalue weighted by molar-refractivity contribution is 6.30. The molecule has 3 aromatic carbocycles. The second-order valence-electron chi connectivity index (χ2n) is 11.4. The zero-order chi connectivity index (χ0) is 28.3. The number of aliphatic hydroxyl groups is 1. The Kier molecular flexibility index (Phi) is 8.62. The van der Waals surface area contributed by atoms with Gasteiger partial charge in [0.05, 0.1) is 11.3 Å². The number of aliphatic imine (C=N–C) groups is 1. The molecular weight excluding hydrogens is 518 g/mol. The second kappa shape index (κ2) is 12.2. The smallest absolute Gasteiger partial charge is 0.320 e. The maximum absolute atomic E-state index is 13.7. The van der Waals surface area contributed by atoms with Gasteiger partial charge in [-0.05, 0) is 110 Å². The lowest BCUT2D eigenvalue weighted by molar-refractivity contribution is -0.0200. The van der Waals surface area contributed by atoms with E-state index < -0.39 is 5.60 Å². The molecule has 2 amide bonds. The predicted octanol–water partition coefficient (Wildman–Crippen LogP) is 8.06. The predicted molar refractivity (Wildman–Crippen MR) is 165 cm³/mol. The number of hydrogen-bond acceptors (Lipinski definition) is 3. The average Bonchev–Trinajstić information content (AvgIpc) is 3.14. The summed E-state index contributed by atoms with van der Waals surface area (Å²) in [5.74, 6) is 0. The number of hydrogen-bond donors (Lipinski definition) is 1. The Hall–Kier alpha value is -3.15. The number of carbonyl (C=O) groups is 1. The number of halogens is 1. The molecule has 1 fully saturated rings. The first-order valence-electron chi connectivity index (χ1n) is 14.5. The van der Waals surface area contributed by atoms with E-state index >= 15 is 0 Å². The van der Waals surface area contributed by atoms with E-state index in [1.807, 2.05) is 34.1 Å². The number of likely N-dealkylation sites (tertiary alicyclic amines) is 1. The van der Waals surface area contributed by atoms with Crippen LogP contribution in [0.5, 0.6) is 0 Å². The molecule has 2 aliphatic heterocycles. The van der Waals surface area contributed by atoms with Gasteiger partial charge in [-0.1, -0.05) is 54.9 Å². The van der Waals surface area contributed by atoms with Gasteiger partial charge < -0.3 is 14.9 Å². The van der Waals surface area contributed by atoms with Crippen molar-refractivity contribution in [3.8, 4) is 11.1 Å². The summed E-state index contributed by atoms with van der Waals surface area (Å²) in [7, 11) is 0. The van der Waals surface area contributed by atoms with Crippen molar-refractivity contribution < 1.29 is 9.90 Å². The molecule has 0 aliphatic carbocycles. The summed E-state index contributed by atoms with van der Waals surface area (Å²) in [6.07, 6.45) is 5.17. The molecule has 5 nitrogen and oxygen atoms in total. The van der Waals surface area contributed by atoms with Crippen molar-refractivity contribution in [2.24, 2.45) is 4.99 Å². The van der Waals surface area contributed by atoms with E-state index in [-0.39, 0.29) is 6.03 Å². The van der Waals surface area contributed by atoms with E-state index in [2.05, 4.69) is 57.2 Å². The summed E-state index contributed by atoms with van der Waals surface area (Å²) in [5, 5.41) is 11.9. The third-order valence-electron chi connectivity index (χ3n) is 8.43. The maximum atomic E-state index is 13.7. The van der Waals surface area contributed by atoms with Gasteiger partial charge in [-0.2, -0.15) is 0 Å². The van der Waals surface area contributed by atoms with Gasteiger partial charge in [0.15, 0.2) is 0 Å². The minimum atomic E-state index is -0.932. The SMILES string of the molecule is CCCN(Cc1cc(-c2ccc3c(c2)N=C(C)CCC3)ccc1C)C(=O)N1CCC(O)(c2ccc(Cl)cc2)CC1. The van der Waals surface area contributed by atoms with Crippen molar-refractivity contribution >= 4 is 29.0 Å². The quantitative estimate of drug-likeness (QED) is 0.333. The third-order valence-corrected chi connectivity index (χ3v) is 8.68. The highest BCUT2D eigenvalue weighted by atomic mass is 35.5. The number of urea groups is 1. The molecule has 6 heteroatoms. The fourth-order valence-corrected chi connectivity index (χ4v) is 6.04. The normalized spacial score (nSPS) is 16.6. The molecule has 0 bridgehead atoms. The standard InChI is InChI=1S/C34H40ClN3O2/c1-4-18-38(33(39)37-19-16-34(40,17-20-37)30-12-14-31(35)15-13-30)23-29-21-27(9-8-24(29)2)28-11-10-26-7-5-6-25(3)36-32(26)22-28/h8-15,21-22,40H,4-7,16-20,23H2,1-3H3. The van der Waals surface area contributed by atoms with Gasteiger partial charge in [0, 0.05) is 36.9 Å². The molecule has 3 aromatic rings. The van der Waals surface area contributed by atoms with Crippen molar-refractivity contribution in [2.45, 2.75) is 71.4 Å². The van der Waals surface area contributed by atoms with Crippen LogP contribution in [0.2, 0.25) is 5.02 Å². The van der Waals surface area contributed by atoms with Crippen molar-refractivity contribution in [3.63, 3.8) is 0 Å². The molecule has 0 atom stereocenters. The van der Waals surface area contributed by atoms with E-state index in [0.29, 0.717) is 44.0 Å². The van der Waals surface area contributed by atoms with Gasteiger partial charge in [0.25, 0.3) is 0 Å². The number of amides is 2. The van der Waals surface area contributed by atoms with Gasteiger partial charge >= 0.3 is 6.03 Å². The summed E-state index contributed by atoms with van der Waals surface area (Å²) in [6.45, 7) is 8.63. The third kappa shape index (κ3) is 6.26. The molecule has 2 aliphatic rings. The monoisotopic (exact) mass is 557 g/mol. The summed E-state index contributed by atoms with van der Waals surface area (Å²) in [4.78, 5) is 22.5. The zero-order valence-electron chi connectivity index (χ0n) is 23.9. The number of rotatable bonds is 6. The number of piperidine rings is 1. The fraction of sp³-hybridized carbons (Fsp3) is 0.412. The van der Waals surface area contributed by atoms with E-state index in [1.54, 1.807) is 0 Å². The highest BCUT2D eigenvalue weighted by Gasteiger charge is 2.36. The van der Waals surface area contributed by atoms with E-state index in [9.17, 15) is 9.90 Å². The van der Waals surface area contributed by atoms with Crippen LogP contribution in [0.15, 0.2) is 65.7 Å². The largest absolute Gasteiger partial charge is 0.385 e. The Morgan fingerprint density at radius 2 is 1.70 bits per heavy atom. The lowest BCUT2D eigenvalue weighted by Crippen LogP contribution is -2.50. The minimum Gasteiger partial charge on any atom is -0.385 e. The molecule has 0 aromatic heterocycles. The average molecular weight is 558 g/mol. The Balaban J connectivity index is 1.32. The van der Waals surface area contributed by atoms with Crippen molar-refractivity contribution in [2.75, 3.05) is 19.6 Å². The lowest BCUT2D eigenvalue weighted by Gasteiger charge is -2.40. The molecular formula is C34H40ClN3O2. The van der Waals surface area contributed by atoms with Gasteiger partial charge in [-0.3, -0.25) is 4.99 Å². The molecule has 5 rings (SSSR count). The van der Waals surface area contributed by atoms with Crippen LogP contribution in [0.25, 0.3) is 11.1 Å². The van der Waals surface area contributed by atoms with Crippen LogP contribution in [0.1, 0.15) is 68.2 Å². The number of aryl methyl sites for hydroxylation is 2. The summed E-state index contributed by atoms with van der Waals surface area (Å²) < 4.78 is 0. The second-order valence-corrected chi connectivity index (χ2v) is 11.9. The van der Waals surface area contributed by atoms with E-state index in [4.69, 9.17) is 16.6 Å². The van der Waals surface area contributed by atoms with Crippen LogP contribution in [0.3, 0.4) is 0 Å². The van der Waals surface area contributed by atoms with Crippen LogP contribution in [-0.2, 0) is 18.6 Å². The van der Waals surface area contributed by atoms with E-state index in [1.165, 1.54) is 16.8 Å². The van der Waals surface area contributed by atoms with Gasteiger partial charge in [-0.15, -0.1) is 0 Å². The van der Waals surface area contributed by atoms with Gasteiger partial charge in [0.1, 0.15) is 0 Å². The first-order chi connectivity index (χ1) is 19.3. The number of nitrogens with zero attached hydrogens (tertiary/aromatic N) is 3. The Bertz CT molecular complexity index is 1390. The zero-order valence-corrected chi connectivity index (χ0v) is 24.7. The van der Waals surface area contributed by atoms with Crippen LogP contribution in [0.4, 0.5) is 10.5 Å². The minimum absolute atomic E-state index is 0.0413.